The van der Waals surface area contributed by atoms with Crippen LogP contribution in [0.15, 0.2) is 30.3 Å². The summed E-state index contributed by atoms with van der Waals surface area (Å²) < 4.78 is 2.20. The van der Waals surface area contributed by atoms with Gasteiger partial charge in [-0.15, -0.1) is 10.2 Å². The van der Waals surface area contributed by atoms with Crippen molar-refractivity contribution in [1.82, 2.24) is 25.0 Å². The molecule has 1 aromatic heterocycles. The number of nitrogens with one attached hydrogen (secondary N) is 1. The minimum atomic E-state index is -0.0401. The Balaban J connectivity index is 1.36. The maximum atomic E-state index is 12.8. The van der Waals surface area contributed by atoms with Gasteiger partial charge in [-0.2, -0.15) is 0 Å². The van der Waals surface area contributed by atoms with Gasteiger partial charge < -0.3 is 9.88 Å². The summed E-state index contributed by atoms with van der Waals surface area (Å²) in [6.45, 7) is 3.26. The molecular formula is C20H27N5O. The zero-order valence-corrected chi connectivity index (χ0v) is 15.2. The van der Waals surface area contributed by atoms with Gasteiger partial charge in [0.25, 0.3) is 0 Å². The van der Waals surface area contributed by atoms with Crippen LogP contribution in [0.5, 0.6) is 0 Å². The third-order valence-corrected chi connectivity index (χ3v) is 5.50. The normalized spacial score (nSPS) is 20.5. The molecule has 1 N–H and O–H groups in total. The summed E-state index contributed by atoms with van der Waals surface area (Å²) in [5.74, 6) is 2.07. The summed E-state index contributed by atoms with van der Waals surface area (Å²) in [4.78, 5) is 15.1. The average molecular weight is 353 g/mol. The Morgan fingerprint density at radius 1 is 1.08 bits per heavy atom. The van der Waals surface area contributed by atoms with E-state index >= 15 is 0 Å². The first-order valence-corrected chi connectivity index (χ1v) is 9.78. The Hall–Kier alpha value is -2.21. The van der Waals surface area contributed by atoms with E-state index in [1.54, 1.807) is 0 Å². The molecule has 4 rings (SSSR count). The smallest absolute Gasteiger partial charge is 0.237 e. The lowest BCUT2D eigenvalue weighted by Crippen LogP contribution is -2.42. The van der Waals surface area contributed by atoms with Gasteiger partial charge in [-0.25, -0.2) is 0 Å². The summed E-state index contributed by atoms with van der Waals surface area (Å²) in [7, 11) is 0. The van der Waals surface area contributed by atoms with E-state index in [4.69, 9.17) is 0 Å². The van der Waals surface area contributed by atoms with Crippen molar-refractivity contribution in [3.63, 3.8) is 0 Å². The fraction of sp³-hybridized carbons (Fsp3) is 0.550. The Morgan fingerprint density at radius 3 is 2.85 bits per heavy atom. The molecule has 0 saturated carbocycles. The van der Waals surface area contributed by atoms with Crippen molar-refractivity contribution >= 4 is 5.91 Å². The molecule has 1 amide bonds. The maximum absolute atomic E-state index is 12.8. The van der Waals surface area contributed by atoms with Crippen LogP contribution in [0.4, 0.5) is 0 Å². The molecule has 0 bridgehead atoms. The number of benzene rings is 1. The number of rotatable bonds is 5. The van der Waals surface area contributed by atoms with Crippen LogP contribution in [0.3, 0.4) is 0 Å². The van der Waals surface area contributed by atoms with Gasteiger partial charge >= 0.3 is 0 Å². The molecule has 1 aromatic carbocycles. The average Bonchev–Trinajstić information content (AvgIpc) is 3.21. The van der Waals surface area contributed by atoms with Gasteiger partial charge in [0.05, 0.1) is 12.6 Å². The lowest BCUT2D eigenvalue weighted by atomic mass is 10.1. The van der Waals surface area contributed by atoms with Crippen LogP contribution in [0.1, 0.15) is 49.3 Å². The lowest BCUT2D eigenvalue weighted by molar-refractivity contribution is -0.125. The van der Waals surface area contributed by atoms with E-state index in [9.17, 15) is 4.79 Å². The number of hydrogen-bond acceptors (Lipinski definition) is 4. The van der Waals surface area contributed by atoms with Gasteiger partial charge in [-0.3, -0.25) is 9.69 Å². The van der Waals surface area contributed by atoms with Gasteiger partial charge in [0, 0.05) is 19.5 Å². The number of aryl methyl sites for hydroxylation is 1. The number of likely N-dealkylation sites (tertiary alicyclic amines) is 1. The number of fused-ring (bicyclic) bond motifs is 1. The number of hydrogen-bond donors (Lipinski definition) is 1. The van der Waals surface area contributed by atoms with E-state index in [2.05, 4.69) is 49.2 Å². The molecule has 138 valence electrons. The topological polar surface area (TPSA) is 63.1 Å². The Labute approximate surface area is 154 Å². The van der Waals surface area contributed by atoms with Gasteiger partial charge in [-0.05, 0) is 37.8 Å². The van der Waals surface area contributed by atoms with Crippen molar-refractivity contribution in [2.75, 3.05) is 6.54 Å². The summed E-state index contributed by atoms with van der Waals surface area (Å²) in [6, 6.07) is 10.3. The van der Waals surface area contributed by atoms with Crippen LogP contribution >= 0.6 is 0 Å². The van der Waals surface area contributed by atoms with E-state index in [1.165, 1.54) is 24.8 Å². The van der Waals surface area contributed by atoms with Crippen molar-refractivity contribution in [1.29, 1.82) is 0 Å². The summed E-state index contributed by atoms with van der Waals surface area (Å²) in [6.07, 6.45) is 6.59. The van der Waals surface area contributed by atoms with E-state index in [1.807, 2.05) is 6.07 Å². The molecule has 1 atom stereocenters. The first kappa shape index (κ1) is 17.2. The van der Waals surface area contributed by atoms with Crippen LogP contribution in [0, 0.1) is 0 Å². The Kier molecular flexibility index (Phi) is 5.29. The Morgan fingerprint density at radius 2 is 1.96 bits per heavy atom. The molecule has 2 aliphatic heterocycles. The molecule has 0 radical (unpaired) electrons. The van der Waals surface area contributed by atoms with Gasteiger partial charge in [0.2, 0.25) is 5.91 Å². The molecule has 1 unspecified atom stereocenters. The van der Waals surface area contributed by atoms with Gasteiger partial charge in [0.15, 0.2) is 5.82 Å². The summed E-state index contributed by atoms with van der Waals surface area (Å²) >= 11 is 0. The van der Waals surface area contributed by atoms with E-state index in [0.717, 1.165) is 50.5 Å². The molecule has 2 aliphatic rings. The minimum absolute atomic E-state index is 0.0401. The molecule has 0 spiro atoms. The standard InChI is InChI=1S/C20H27N5O/c26-20(17-10-7-12-24(17)15-16-8-3-1-4-9-16)21-14-19-23-22-18-11-5-2-6-13-25(18)19/h1,3-4,8-9,17H,2,5-7,10-15H2,(H,21,26). The molecule has 3 heterocycles. The Bertz CT molecular complexity index is 742. The van der Waals surface area contributed by atoms with E-state index < -0.39 is 0 Å². The second-order valence-corrected chi connectivity index (χ2v) is 7.33. The lowest BCUT2D eigenvalue weighted by Gasteiger charge is -2.23. The number of aromatic nitrogens is 3. The molecular weight excluding hydrogens is 326 g/mol. The van der Waals surface area contributed by atoms with E-state index in [-0.39, 0.29) is 11.9 Å². The maximum Gasteiger partial charge on any atom is 0.237 e. The largest absolute Gasteiger partial charge is 0.347 e. The van der Waals surface area contributed by atoms with Crippen molar-refractivity contribution in [2.45, 2.75) is 64.2 Å². The zero-order chi connectivity index (χ0) is 17.8. The first-order valence-electron chi connectivity index (χ1n) is 9.78. The number of carbonyl (C=O) groups is 1. The number of nitrogens with zero attached hydrogens (tertiary/aromatic N) is 4. The second-order valence-electron chi connectivity index (χ2n) is 7.33. The highest BCUT2D eigenvalue weighted by molar-refractivity contribution is 5.81. The molecule has 1 saturated heterocycles. The van der Waals surface area contributed by atoms with Crippen LogP contribution in [-0.4, -0.2) is 38.2 Å². The zero-order valence-electron chi connectivity index (χ0n) is 15.2. The third kappa shape index (κ3) is 3.80. The molecule has 2 aromatic rings. The predicted octanol–water partition coefficient (Wildman–Crippen LogP) is 2.29. The second kappa shape index (κ2) is 7.99. The highest BCUT2D eigenvalue weighted by atomic mass is 16.2. The quantitative estimate of drug-likeness (QED) is 0.896. The van der Waals surface area contributed by atoms with Crippen molar-refractivity contribution in [3.05, 3.63) is 47.5 Å². The molecule has 6 nitrogen and oxygen atoms in total. The molecule has 1 fully saturated rings. The summed E-state index contributed by atoms with van der Waals surface area (Å²) in [5.41, 5.74) is 1.26. The fourth-order valence-corrected chi connectivity index (χ4v) is 4.09. The first-order chi connectivity index (χ1) is 12.8. The van der Waals surface area contributed by atoms with E-state index in [0.29, 0.717) is 6.54 Å². The van der Waals surface area contributed by atoms with Crippen LogP contribution < -0.4 is 5.32 Å². The highest BCUT2D eigenvalue weighted by Crippen LogP contribution is 2.20. The number of carbonyl (C=O) groups excluding carboxylic acids is 1. The predicted molar refractivity (Wildman–Crippen MR) is 99.3 cm³/mol. The summed E-state index contributed by atoms with van der Waals surface area (Å²) in [5, 5.41) is 11.7. The SMILES string of the molecule is O=C(NCc1nnc2n1CCCCC2)C1CCCN1Cc1ccccc1. The fourth-order valence-electron chi connectivity index (χ4n) is 4.09. The van der Waals surface area contributed by atoms with Crippen molar-refractivity contribution in [2.24, 2.45) is 0 Å². The number of amides is 1. The van der Waals surface area contributed by atoms with Crippen LogP contribution in [0.25, 0.3) is 0 Å². The van der Waals surface area contributed by atoms with Gasteiger partial charge in [0.1, 0.15) is 5.82 Å². The van der Waals surface area contributed by atoms with Crippen molar-refractivity contribution in [3.8, 4) is 0 Å². The molecule has 6 heteroatoms. The third-order valence-electron chi connectivity index (χ3n) is 5.50. The van der Waals surface area contributed by atoms with Crippen LogP contribution in [0.2, 0.25) is 0 Å². The highest BCUT2D eigenvalue weighted by Gasteiger charge is 2.30. The van der Waals surface area contributed by atoms with Crippen molar-refractivity contribution < 1.29 is 4.79 Å². The molecule has 26 heavy (non-hydrogen) atoms. The monoisotopic (exact) mass is 353 g/mol. The minimum Gasteiger partial charge on any atom is -0.347 e. The van der Waals surface area contributed by atoms with Gasteiger partial charge in [-0.1, -0.05) is 36.8 Å². The van der Waals surface area contributed by atoms with Crippen LogP contribution in [-0.2, 0) is 30.8 Å². The molecule has 0 aliphatic carbocycles.